The van der Waals surface area contributed by atoms with Crippen LogP contribution in [0.5, 0.6) is 0 Å². The Hall–Kier alpha value is -2.47. The summed E-state index contributed by atoms with van der Waals surface area (Å²) in [6.45, 7) is 7.44. The number of hydrogen-bond acceptors (Lipinski definition) is 4. The molecule has 0 aliphatic carbocycles. The highest BCUT2D eigenvalue weighted by Crippen LogP contribution is 2.22. The van der Waals surface area contributed by atoms with Crippen LogP contribution in [0.2, 0.25) is 0 Å². The Morgan fingerprint density at radius 2 is 1.89 bits per heavy atom. The number of benzene rings is 1. The molecule has 0 N–H and O–H groups in total. The fourth-order valence-corrected chi connectivity index (χ4v) is 3.66. The number of thiophene rings is 1. The Balaban J connectivity index is 1.60. The van der Waals surface area contributed by atoms with E-state index in [0.29, 0.717) is 18.5 Å². The van der Waals surface area contributed by atoms with E-state index < -0.39 is 0 Å². The van der Waals surface area contributed by atoms with E-state index in [2.05, 4.69) is 50.0 Å². The number of rotatable bonds is 5. The maximum absolute atomic E-state index is 12.5. The van der Waals surface area contributed by atoms with Crippen LogP contribution >= 0.6 is 11.3 Å². The van der Waals surface area contributed by atoms with Crippen molar-refractivity contribution in [3.8, 4) is 0 Å². The minimum atomic E-state index is -0.0885. The van der Waals surface area contributed by atoms with E-state index in [-0.39, 0.29) is 23.3 Å². The van der Waals surface area contributed by atoms with E-state index in [1.807, 2.05) is 5.38 Å². The fourth-order valence-electron chi connectivity index (χ4n) is 2.93. The summed E-state index contributed by atoms with van der Waals surface area (Å²) in [5.74, 6) is 0.00668. The molecule has 0 saturated carbocycles. The zero-order valence-electron chi connectivity index (χ0n) is 16.2. The van der Waals surface area contributed by atoms with E-state index in [1.165, 1.54) is 27.8 Å². The van der Waals surface area contributed by atoms with Crippen molar-refractivity contribution in [3.63, 3.8) is 0 Å². The maximum atomic E-state index is 12.5. The molecule has 5 nitrogen and oxygen atoms in total. The quantitative estimate of drug-likeness (QED) is 0.673. The monoisotopic (exact) mass is 383 g/mol. The summed E-state index contributed by atoms with van der Waals surface area (Å²) in [6.07, 6.45) is 1.80. The van der Waals surface area contributed by atoms with Gasteiger partial charge in [0.05, 0.1) is 11.7 Å². The fraction of sp³-hybridized carbons (Fsp3) is 0.381. The van der Waals surface area contributed by atoms with Crippen LogP contribution in [0.4, 0.5) is 0 Å². The van der Waals surface area contributed by atoms with Crippen LogP contribution in [-0.4, -0.2) is 27.4 Å². The molecule has 0 spiro atoms. The summed E-state index contributed by atoms with van der Waals surface area (Å²) in [4.78, 5) is 31.6. The van der Waals surface area contributed by atoms with Gasteiger partial charge in [0.2, 0.25) is 5.91 Å². The van der Waals surface area contributed by atoms with Crippen LogP contribution in [0, 0.1) is 0 Å². The van der Waals surface area contributed by atoms with Gasteiger partial charge >= 0.3 is 0 Å². The molecule has 2 aromatic heterocycles. The number of amides is 1. The molecule has 142 valence electrons. The van der Waals surface area contributed by atoms with Crippen molar-refractivity contribution in [2.75, 3.05) is 7.05 Å². The Kier molecular flexibility index (Phi) is 5.46. The van der Waals surface area contributed by atoms with Gasteiger partial charge in [-0.15, -0.1) is 11.3 Å². The summed E-state index contributed by atoms with van der Waals surface area (Å²) in [6, 6.07) is 10.2. The van der Waals surface area contributed by atoms with Crippen molar-refractivity contribution < 1.29 is 4.79 Å². The SMILES string of the molecule is CN(Cc1ccc(C(C)(C)C)cc1)C(=O)CCn1cnc2sccc2c1=O. The van der Waals surface area contributed by atoms with Gasteiger partial charge in [-0.3, -0.25) is 14.2 Å². The van der Waals surface area contributed by atoms with Crippen molar-refractivity contribution in [1.29, 1.82) is 0 Å². The van der Waals surface area contributed by atoms with Gasteiger partial charge in [0.25, 0.3) is 5.56 Å². The maximum Gasteiger partial charge on any atom is 0.262 e. The summed E-state index contributed by atoms with van der Waals surface area (Å²) < 4.78 is 1.51. The van der Waals surface area contributed by atoms with E-state index in [4.69, 9.17) is 0 Å². The van der Waals surface area contributed by atoms with Gasteiger partial charge in [-0.05, 0) is 28.0 Å². The largest absolute Gasteiger partial charge is 0.341 e. The first kappa shape index (κ1) is 19.3. The molecule has 0 fully saturated rings. The normalized spacial score (nSPS) is 11.7. The van der Waals surface area contributed by atoms with Crippen LogP contribution < -0.4 is 5.56 Å². The zero-order chi connectivity index (χ0) is 19.6. The number of fused-ring (bicyclic) bond motifs is 1. The topological polar surface area (TPSA) is 55.2 Å². The van der Waals surface area contributed by atoms with Crippen molar-refractivity contribution >= 4 is 27.5 Å². The van der Waals surface area contributed by atoms with Crippen LogP contribution in [-0.2, 0) is 23.3 Å². The minimum Gasteiger partial charge on any atom is -0.341 e. The van der Waals surface area contributed by atoms with E-state index in [9.17, 15) is 9.59 Å². The van der Waals surface area contributed by atoms with Crippen molar-refractivity contribution in [2.24, 2.45) is 0 Å². The molecule has 0 atom stereocenters. The van der Waals surface area contributed by atoms with Crippen molar-refractivity contribution in [3.05, 3.63) is 63.5 Å². The number of nitrogens with zero attached hydrogens (tertiary/aromatic N) is 3. The van der Waals surface area contributed by atoms with Crippen molar-refractivity contribution in [1.82, 2.24) is 14.5 Å². The predicted molar refractivity (Wildman–Crippen MR) is 110 cm³/mol. The van der Waals surface area contributed by atoms with Gasteiger partial charge < -0.3 is 4.90 Å². The summed E-state index contributed by atoms with van der Waals surface area (Å²) in [5.41, 5.74) is 2.40. The van der Waals surface area contributed by atoms with Crippen LogP contribution in [0.3, 0.4) is 0 Å². The molecular formula is C21H25N3O2S. The third-order valence-corrected chi connectivity index (χ3v) is 5.50. The molecule has 1 amide bonds. The Labute approximate surface area is 163 Å². The predicted octanol–water partition coefficient (Wildman–Crippen LogP) is 3.80. The minimum absolute atomic E-state index is 0.00668. The molecule has 1 aromatic carbocycles. The molecule has 3 rings (SSSR count). The zero-order valence-corrected chi connectivity index (χ0v) is 17.0. The van der Waals surface area contributed by atoms with Gasteiger partial charge in [-0.1, -0.05) is 45.0 Å². The number of carbonyl (C=O) groups excluding carboxylic acids is 1. The third-order valence-electron chi connectivity index (χ3n) is 4.68. The molecule has 0 saturated heterocycles. The van der Waals surface area contributed by atoms with Gasteiger partial charge in [-0.25, -0.2) is 4.98 Å². The Morgan fingerprint density at radius 1 is 1.19 bits per heavy atom. The average Bonchev–Trinajstić information content (AvgIpc) is 3.10. The molecule has 0 radical (unpaired) electrons. The Bertz CT molecular complexity index is 997. The van der Waals surface area contributed by atoms with Gasteiger partial charge in [0.1, 0.15) is 4.83 Å². The lowest BCUT2D eigenvalue weighted by Crippen LogP contribution is -2.29. The summed E-state index contributed by atoms with van der Waals surface area (Å²) >= 11 is 1.44. The standard InChI is InChI=1S/C21H25N3O2S/c1-21(2,3)16-7-5-15(6-8-16)13-23(4)18(25)9-11-24-14-22-19-17(20(24)26)10-12-27-19/h5-8,10,12,14H,9,11,13H2,1-4H3. The first-order valence-electron chi connectivity index (χ1n) is 9.02. The Morgan fingerprint density at radius 3 is 2.56 bits per heavy atom. The highest BCUT2D eigenvalue weighted by atomic mass is 32.1. The first-order valence-corrected chi connectivity index (χ1v) is 9.90. The smallest absolute Gasteiger partial charge is 0.262 e. The summed E-state index contributed by atoms with van der Waals surface area (Å²) in [5, 5.41) is 2.47. The highest BCUT2D eigenvalue weighted by molar-refractivity contribution is 7.16. The molecule has 0 unspecified atom stereocenters. The average molecular weight is 384 g/mol. The number of hydrogen-bond donors (Lipinski definition) is 0. The molecule has 0 aliphatic heterocycles. The first-order chi connectivity index (χ1) is 12.8. The van der Waals surface area contributed by atoms with Gasteiger partial charge in [0.15, 0.2) is 0 Å². The molecule has 3 aromatic rings. The highest BCUT2D eigenvalue weighted by Gasteiger charge is 2.14. The number of aromatic nitrogens is 2. The van der Waals surface area contributed by atoms with Crippen LogP contribution in [0.1, 0.15) is 38.3 Å². The van der Waals surface area contributed by atoms with Crippen LogP contribution in [0.15, 0.2) is 46.8 Å². The van der Waals surface area contributed by atoms with Gasteiger partial charge in [-0.2, -0.15) is 0 Å². The van der Waals surface area contributed by atoms with Crippen LogP contribution in [0.25, 0.3) is 10.2 Å². The molecule has 6 heteroatoms. The molecule has 27 heavy (non-hydrogen) atoms. The van der Waals surface area contributed by atoms with E-state index in [0.717, 1.165) is 10.4 Å². The van der Waals surface area contributed by atoms with Gasteiger partial charge in [0, 0.05) is 26.6 Å². The number of aryl methyl sites for hydroxylation is 1. The molecule has 2 heterocycles. The lowest BCUT2D eigenvalue weighted by molar-refractivity contribution is -0.130. The molecule has 0 aliphatic rings. The van der Waals surface area contributed by atoms with E-state index >= 15 is 0 Å². The number of carbonyl (C=O) groups is 1. The second-order valence-corrected chi connectivity index (χ2v) is 8.72. The molecule has 0 bridgehead atoms. The second kappa shape index (κ2) is 7.64. The molecular weight excluding hydrogens is 358 g/mol. The van der Waals surface area contributed by atoms with Crippen molar-refractivity contribution in [2.45, 2.75) is 45.7 Å². The lowest BCUT2D eigenvalue weighted by Gasteiger charge is -2.21. The third kappa shape index (κ3) is 4.45. The van der Waals surface area contributed by atoms with E-state index in [1.54, 1.807) is 18.0 Å². The summed E-state index contributed by atoms with van der Waals surface area (Å²) in [7, 11) is 1.79. The lowest BCUT2D eigenvalue weighted by atomic mass is 9.87. The second-order valence-electron chi connectivity index (χ2n) is 7.83.